The van der Waals surface area contributed by atoms with Gasteiger partial charge in [-0.2, -0.15) is 0 Å². The van der Waals surface area contributed by atoms with Gasteiger partial charge in [0.2, 0.25) is 0 Å². The zero-order chi connectivity index (χ0) is 13.4. The van der Waals surface area contributed by atoms with E-state index in [9.17, 15) is 9.90 Å². The van der Waals surface area contributed by atoms with E-state index < -0.39 is 6.04 Å². The molecular weight excluding hydrogens is 284 g/mol. The van der Waals surface area contributed by atoms with E-state index in [1.54, 1.807) is 18.2 Å². The van der Waals surface area contributed by atoms with Crippen LogP contribution in [-0.4, -0.2) is 32.8 Å². The number of benzene rings is 1. The van der Waals surface area contributed by atoms with Gasteiger partial charge < -0.3 is 5.11 Å². The number of rotatable bonds is 2. The number of hydrogen-bond acceptors (Lipinski definition) is 6. The zero-order valence-corrected chi connectivity index (χ0v) is 11.4. The molecule has 1 aliphatic rings. The molecule has 0 spiro atoms. The molecule has 0 unspecified atom stereocenters. The van der Waals surface area contributed by atoms with Crippen molar-refractivity contribution in [3.05, 3.63) is 23.2 Å². The standard InChI is InChI=1S/C11H10N4O2S2/c12-15-9(17)7-4-18-10(14-7)11-13-6-2-1-5(16)3-8(6)19-11/h1-3,7,16H,4,12H2,(H,15,17)/p+1/t7-/m1/s1. The molecule has 0 radical (unpaired) electrons. The molecule has 0 bridgehead atoms. The highest BCUT2D eigenvalue weighted by Gasteiger charge is 2.27. The Morgan fingerprint density at radius 3 is 3.16 bits per heavy atom. The van der Waals surface area contributed by atoms with Crippen LogP contribution in [0.5, 0.6) is 5.75 Å². The van der Waals surface area contributed by atoms with Crippen molar-refractivity contribution >= 4 is 44.3 Å². The first-order valence-corrected chi connectivity index (χ1v) is 7.35. The molecule has 1 amide bonds. The van der Waals surface area contributed by atoms with E-state index in [0.717, 1.165) is 20.3 Å². The predicted octanol–water partition coefficient (Wildman–Crippen LogP) is 0.137. The van der Waals surface area contributed by atoms with E-state index in [2.05, 4.69) is 21.2 Å². The van der Waals surface area contributed by atoms with Crippen LogP contribution in [0.1, 0.15) is 5.01 Å². The molecule has 2 heterocycles. The summed E-state index contributed by atoms with van der Waals surface area (Å²) in [6, 6.07) is 4.66. The normalized spacial score (nSPS) is 18.6. The van der Waals surface area contributed by atoms with Crippen LogP contribution in [0.3, 0.4) is 0 Å². The number of hydrogen-bond donors (Lipinski definition) is 3. The van der Waals surface area contributed by atoms with E-state index in [4.69, 9.17) is 0 Å². The van der Waals surface area contributed by atoms with Gasteiger partial charge in [-0.3, -0.25) is 15.6 Å². The van der Waals surface area contributed by atoms with Gasteiger partial charge in [-0.15, -0.1) is 23.1 Å². The number of carbonyl (C=O) groups is 1. The van der Waals surface area contributed by atoms with Gasteiger partial charge >= 0.3 is 0 Å². The number of carbonyl (C=O) groups excluding carboxylic acids is 1. The van der Waals surface area contributed by atoms with Crippen LogP contribution in [-0.2, 0) is 4.79 Å². The lowest BCUT2D eigenvalue weighted by molar-refractivity contribution is -0.427. The second-order valence-electron chi connectivity index (χ2n) is 3.97. The molecule has 2 aromatic rings. The Morgan fingerprint density at radius 1 is 1.53 bits per heavy atom. The summed E-state index contributed by atoms with van der Waals surface area (Å²) in [5, 5.41) is 11.0. The molecule has 1 aliphatic heterocycles. The third kappa shape index (κ3) is 2.29. The average Bonchev–Trinajstić information content (AvgIpc) is 3.03. The topological polar surface area (TPSA) is 102 Å². The van der Waals surface area contributed by atoms with Gasteiger partial charge in [0, 0.05) is 5.75 Å². The smallest absolute Gasteiger partial charge is 0.290 e. The van der Waals surface area contributed by atoms with Crippen LogP contribution in [0.4, 0.5) is 0 Å². The number of thioether (sulfide) groups is 1. The van der Waals surface area contributed by atoms with E-state index in [0.29, 0.717) is 5.75 Å². The van der Waals surface area contributed by atoms with Crippen LogP contribution in [0.2, 0.25) is 0 Å². The van der Waals surface area contributed by atoms with E-state index in [-0.39, 0.29) is 11.7 Å². The number of fused-ring (bicyclic) bond motifs is 1. The van der Waals surface area contributed by atoms with Crippen molar-refractivity contribution < 1.29 is 15.7 Å². The van der Waals surface area contributed by atoms with Gasteiger partial charge in [0.15, 0.2) is 0 Å². The summed E-state index contributed by atoms with van der Waals surface area (Å²) >= 11 is 2.97. The molecule has 0 saturated carbocycles. The summed E-state index contributed by atoms with van der Waals surface area (Å²) in [5.41, 5.74) is 3.18. The third-order valence-electron chi connectivity index (χ3n) is 2.68. The number of quaternary nitrogens is 1. The Balaban J connectivity index is 1.95. The van der Waals surface area contributed by atoms with E-state index >= 15 is 0 Å². The van der Waals surface area contributed by atoms with Crippen LogP contribution in [0.15, 0.2) is 23.2 Å². The van der Waals surface area contributed by atoms with Gasteiger partial charge in [0.05, 0.1) is 10.2 Å². The SMILES string of the molecule is [NH3+]NC(=O)[C@H]1CSC(c2nc3ccc(O)cc3s2)=N1. The van der Waals surface area contributed by atoms with Crippen molar-refractivity contribution in [1.82, 2.24) is 10.4 Å². The number of nitrogens with zero attached hydrogens (tertiary/aromatic N) is 2. The van der Waals surface area contributed by atoms with Gasteiger partial charge in [0.25, 0.3) is 5.91 Å². The second-order valence-corrected chi connectivity index (χ2v) is 6.01. The molecule has 6 nitrogen and oxygen atoms in total. The van der Waals surface area contributed by atoms with Crippen LogP contribution >= 0.6 is 23.1 Å². The predicted molar refractivity (Wildman–Crippen MR) is 75.1 cm³/mol. The van der Waals surface area contributed by atoms with Crippen molar-refractivity contribution in [2.24, 2.45) is 4.99 Å². The fraction of sp³-hybridized carbons (Fsp3) is 0.182. The maximum atomic E-state index is 11.5. The highest BCUT2D eigenvalue weighted by Crippen LogP contribution is 2.31. The third-order valence-corrected chi connectivity index (χ3v) is 4.89. The Hall–Kier alpha value is -1.64. The van der Waals surface area contributed by atoms with Crippen molar-refractivity contribution in [2.75, 3.05) is 5.75 Å². The molecule has 8 heteroatoms. The average molecular weight is 295 g/mol. The molecule has 1 aromatic heterocycles. The molecule has 0 fully saturated rings. The number of aliphatic imine (C=N–C) groups is 1. The molecule has 19 heavy (non-hydrogen) atoms. The summed E-state index contributed by atoms with van der Waals surface area (Å²) in [4.78, 5) is 20.3. The maximum absolute atomic E-state index is 11.5. The lowest BCUT2D eigenvalue weighted by Crippen LogP contribution is -2.69. The fourth-order valence-corrected chi connectivity index (χ4v) is 3.85. The first-order chi connectivity index (χ1) is 9.17. The first kappa shape index (κ1) is 12.4. The number of aromatic nitrogens is 1. The summed E-state index contributed by atoms with van der Waals surface area (Å²) < 4.78 is 0.906. The molecule has 0 aliphatic carbocycles. The molecule has 1 aromatic carbocycles. The minimum absolute atomic E-state index is 0.179. The summed E-state index contributed by atoms with van der Waals surface area (Å²) in [5.74, 6) is 4.00. The lowest BCUT2D eigenvalue weighted by Gasteiger charge is -1.98. The highest BCUT2D eigenvalue weighted by molar-refractivity contribution is 8.15. The number of phenolic OH excluding ortho intramolecular Hbond substituents is 1. The Kier molecular flexibility index (Phi) is 3.13. The van der Waals surface area contributed by atoms with Crippen molar-refractivity contribution in [3.8, 4) is 5.75 Å². The van der Waals surface area contributed by atoms with Crippen molar-refractivity contribution in [3.63, 3.8) is 0 Å². The van der Waals surface area contributed by atoms with Crippen LogP contribution in [0, 0.1) is 0 Å². The second kappa shape index (κ2) is 4.80. The molecule has 0 saturated heterocycles. The van der Waals surface area contributed by atoms with Gasteiger partial charge in [-0.05, 0) is 18.2 Å². The summed E-state index contributed by atoms with van der Waals surface area (Å²) in [6.45, 7) is 0. The first-order valence-electron chi connectivity index (χ1n) is 5.55. The van der Waals surface area contributed by atoms with Crippen LogP contribution in [0.25, 0.3) is 10.2 Å². The minimum Gasteiger partial charge on any atom is -0.508 e. The quantitative estimate of drug-likeness (QED) is 0.686. The van der Waals surface area contributed by atoms with Crippen molar-refractivity contribution in [1.29, 1.82) is 0 Å². The Labute approximate surface area is 116 Å². The summed E-state index contributed by atoms with van der Waals surface area (Å²) in [6.07, 6.45) is 0. The van der Waals surface area contributed by atoms with Gasteiger partial charge in [0.1, 0.15) is 21.8 Å². The monoisotopic (exact) mass is 295 g/mol. The van der Waals surface area contributed by atoms with E-state index in [1.807, 2.05) is 0 Å². The van der Waals surface area contributed by atoms with Gasteiger partial charge in [-0.1, -0.05) is 0 Å². The number of phenols is 1. The maximum Gasteiger partial charge on any atom is 0.290 e. The molecule has 5 N–H and O–H groups in total. The number of nitrogens with one attached hydrogen (secondary N) is 1. The Morgan fingerprint density at radius 2 is 2.37 bits per heavy atom. The molecule has 3 rings (SSSR count). The Bertz CT molecular complexity index is 682. The van der Waals surface area contributed by atoms with Crippen LogP contribution < -0.4 is 11.3 Å². The fourth-order valence-electron chi connectivity index (χ4n) is 1.75. The number of thiazole rings is 1. The minimum atomic E-state index is -0.391. The zero-order valence-electron chi connectivity index (χ0n) is 9.79. The number of amides is 1. The highest BCUT2D eigenvalue weighted by atomic mass is 32.2. The van der Waals surface area contributed by atoms with Gasteiger partial charge in [-0.25, -0.2) is 10.4 Å². The largest absolute Gasteiger partial charge is 0.508 e. The number of aromatic hydroxyl groups is 1. The lowest BCUT2D eigenvalue weighted by atomic mass is 10.3. The molecular formula is C11H11N4O2S2+. The molecule has 98 valence electrons. The van der Waals surface area contributed by atoms with Crippen molar-refractivity contribution in [2.45, 2.75) is 6.04 Å². The molecule has 1 atom stereocenters. The summed E-state index contributed by atoms with van der Waals surface area (Å²) in [7, 11) is 0. The van der Waals surface area contributed by atoms with E-state index in [1.165, 1.54) is 23.1 Å².